The fourth-order valence-electron chi connectivity index (χ4n) is 4.14. The van der Waals surface area contributed by atoms with Crippen molar-refractivity contribution < 1.29 is 14.7 Å². The molecule has 9 heteroatoms. The summed E-state index contributed by atoms with van der Waals surface area (Å²) >= 11 is 0. The monoisotopic (exact) mass is 448 g/mol. The molecule has 0 bridgehead atoms. The van der Waals surface area contributed by atoms with Gasteiger partial charge in [0.25, 0.3) is 11.8 Å². The number of hydrogen-bond acceptors (Lipinski definition) is 6. The minimum absolute atomic E-state index is 0.0517. The van der Waals surface area contributed by atoms with E-state index in [-0.39, 0.29) is 23.6 Å². The van der Waals surface area contributed by atoms with Gasteiger partial charge in [-0.25, -0.2) is 0 Å². The molecule has 9 nitrogen and oxygen atoms in total. The number of rotatable bonds is 6. The maximum Gasteiger partial charge on any atom is 0.274 e. The van der Waals surface area contributed by atoms with E-state index in [4.69, 9.17) is 0 Å². The van der Waals surface area contributed by atoms with Gasteiger partial charge in [0.15, 0.2) is 0 Å². The van der Waals surface area contributed by atoms with Crippen molar-refractivity contribution >= 4 is 17.5 Å². The molecule has 3 atom stereocenters. The number of carbonyl (C=O) groups excluding carboxylic acids is 2. The number of amides is 2. The average Bonchev–Trinajstić information content (AvgIpc) is 3.37. The zero-order valence-electron chi connectivity index (χ0n) is 19.0. The summed E-state index contributed by atoms with van der Waals surface area (Å²) in [6.07, 6.45) is 3.89. The number of hydrogen-bond donors (Lipinski definition) is 2. The Balaban J connectivity index is 1.45. The molecule has 3 aromatic rings. The van der Waals surface area contributed by atoms with Gasteiger partial charge in [-0.15, -0.1) is 10.2 Å². The van der Waals surface area contributed by atoms with E-state index in [1.807, 2.05) is 42.8 Å². The lowest BCUT2D eigenvalue weighted by Crippen LogP contribution is -2.34. The number of aliphatic hydroxyl groups is 1. The normalized spacial score (nSPS) is 18.8. The number of likely N-dealkylation sites (tertiary alicyclic amines) is 1. The Morgan fingerprint density at radius 1 is 1.27 bits per heavy atom. The summed E-state index contributed by atoms with van der Waals surface area (Å²) in [5, 5.41) is 20.8. The summed E-state index contributed by atoms with van der Waals surface area (Å²) in [4.78, 5) is 31.5. The van der Waals surface area contributed by atoms with Crippen molar-refractivity contribution in [2.45, 2.75) is 44.8 Å². The molecule has 4 rings (SSSR count). The first kappa shape index (κ1) is 22.6. The summed E-state index contributed by atoms with van der Waals surface area (Å²) in [7, 11) is 1.91. The average molecular weight is 449 g/mol. The molecule has 0 aliphatic carbocycles. The van der Waals surface area contributed by atoms with Gasteiger partial charge >= 0.3 is 0 Å². The Bertz CT molecular complexity index is 1160. The zero-order valence-corrected chi connectivity index (χ0v) is 19.0. The third-order valence-electron chi connectivity index (χ3n) is 6.06. The van der Waals surface area contributed by atoms with Crippen molar-refractivity contribution in [2.24, 2.45) is 7.05 Å². The Morgan fingerprint density at radius 2 is 2.09 bits per heavy atom. The molecular formula is C24H28N6O3. The number of β-amino-alcohol motifs (C(OH)–C–C–N with tert-alkyl or cyclic N) is 1. The van der Waals surface area contributed by atoms with E-state index in [1.54, 1.807) is 17.3 Å². The van der Waals surface area contributed by atoms with Gasteiger partial charge in [-0.2, -0.15) is 0 Å². The van der Waals surface area contributed by atoms with Crippen molar-refractivity contribution in [1.29, 1.82) is 0 Å². The van der Waals surface area contributed by atoms with Gasteiger partial charge in [-0.1, -0.05) is 19.1 Å². The largest absolute Gasteiger partial charge is 0.391 e. The summed E-state index contributed by atoms with van der Waals surface area (Å²) < 4.78 is 1.89. The molecule has 1 fully saturated rings. The van der Waals surface area contributed by atoms with E-state index in [2.05, 4.69) is 27.4 Å². The minimum atomic E-state index is -0.517. The minimum Gasteiger partial charge on any atom is -0.391 e. The van der Waals surface area contributed by atoms with Crippen LogP contribution in [-0.4, -0.2) is 60.3 Å². The predicted molar refractivity (Wildman–Crippen MR) is 123 cm³/mol. The first-order valence-corrected chi connectivity index (χ1v) is 11.0. The number of aliphatic hydroxyl groups excluding tert-OH is 1. The Kier molecular flexibility index (Phi) is 6.50. The number of carbonyl (C=O) groups is 2. The molecule has 33 heavy (non-hydrogen) atoms. The van der Waals surface area contributed by atoms with Crippen molar-refractivity contribution in [3.8, 4) is 0 Å². The molecule has 1 saturated heterocycles. The highest BCUT2D eigenvalue weighted by Gasteiger charge is 2.32. The molecule has 1 unspecified atom stereocenters. The number of benzene rings is 1. The van der Waals surface area contributed by atoms with Crippen LogP contribution in [0.25, 0.3) is 0 Å². The van der Waals surface area contributed by atoms with Gasteiger partial charge in [0, 0.05) is 43.5 Å². The molecule has 0 radical (unpaired) electrons. The quantitative estimate of drug-likeness (QED) is 0.599. The van der Waals surface area contributed by atoms with E-state index in [9.17, 15) is 14.7 Å². The number of aryl methyl sites for hydroxylation is 1. The molecule has 2 N–H and O–H groups in total. The second-order valence-electron chi connectivity index (χ2n) is 8.67. The van der Waals surface area contributed by atoms with Crippen LogP contribution in [0.15, 0.2) is 48.9 Å². The highest BCUT2D eigenvalue weighted by atomic mass is 16.3. The topological polar surface area (TPSA) is 113 Å². The van der Waals surface area contributed by atoms with Gasteiger partial charge in [0.1, 0.15) is 17.8 Å². The van der Waals surface area contributed by atoms with Crippen LogP contribution in [-0.2, 0) is 13.5 Å². The van der Waals surface area contributed by atoms with Crippen LogP contribution in [0.5, 0.6) is 0 Å². The first-order valence-electron chi connectivity index (χ1n) is 11.0. The molecule has 3 heterocycles. The van der Waals surface area contributed by atoms with Crippen molar-refractivity contribution in [1.82, 2.24) is 24.6 Å². The fourth-order valence-corrected chi connectivity index (χ4v) is 4.14. The van der Waals surface area contributed by atoms with E-state index in [0.717, 1.165) is 17.8 Å². The fraction of sp³-hybridized carbons (Fsp3) is 0.375. The van der Waals surface area contributed by atoms with Crippen LogP contribution in [0, 0.1) is 0 Å². The summed E-state index contributed by atoms with van der Waals surface area (Å²) in [6.45, 7) is 4.30. The standard InChI is InChI=1S/C24H28N6O3/c1-15(9-22-28-26-14-29(22)3)17-5-4-6-19(11-17)27-23(32)21-12-18(7-8-25-21)24(33)30-13-20(31)10-16(30)2/h4-8,11-12,14-16,20,31H,9-10,13H2,1-3H3,(H,27,32)/t15?,16-,20+/m1/s1. The Hall–Kier alpha value is -3.59. The maximum atomic E-state index is 12.9. The van der Waals surface area contributed by atoms with E-state index >= 15 is 0 Å². The lowest BCUT2D eigenvalue weighted by molar-refractivity contribution is 0.0726. The number of aromatic nitrogens is 4. The molecule has 1 aromatic carbocycles. The van der Waals surface area contributed by atoms with Gasteiger partial charge in [0.05, 0.1) is 6.10 Å². The number of nitrogens with one attached hydrogen (secondary N) is 1. The summed E-state index contributed by atoms with van der Waals surface area (Å²) in [5.41, 5.74) is 2.25. The molecular weight excluding hydrogens is 420 g/mol. The molecule has 0 spiro atoms. The van der Waals surface area contributed by atoms with Crippen molar-refractivity contribution in [3.63, 3.8) is 0 Å². The van der Waals surface area contributed by atoms with Crippen LogP contribution in [0.1, 0.15) is 58.4 Å². The number of nitrogens with zero attached hydrogens (tertiary/aromatic N) is 5. The predicted octanol–water partition coefficient (Wildman–Crippen LogP) is 2.40. The van der Waals surface area contributed by atoms with Crippen LogP contribution in [0.2, 0.25) is 0 Å². The van der Waals surface area contributed by atoms with Crippen molar-refractivity contribution in [3.05, 3.63) is 71.6 Å². The van der Waals surface area contributed by atoms with Gasteiger partial charge in [-0.3, -0.25) is 14.6 Å². The third kappa shape index (κ3) is 5.09. The zero-order chi connectivity index (χ0) is 23.5. The molecule has 2 amide bonds. The van der Waals surface area contributed by atoms with Crippen LogP contribution < -0.4 is 5.32 Å². The van der Waals surface area contributed by atoms with Gasteiger partial charge in [-0.05, 0) is 49.1 Å². The van der Waals surface area contributed by atoms with Gasteiger partial charge in [0.2, 0.25) is 0 Å². The van der Waals surface area contributed by atoms with Crippen LogP contribution in [0.3, 0.4) is 0 Å². The van der Waals surface area contributed by atoms with Crippen LogP contribution in [0.4, 0.5) is 5.69 Å². The van der Waals surface area contributed by atoms with Crippen molar-refractivity contribution in [2.75, 3.05) is 11.9 Å². The Labute approximate surface area is 192 Å². The lowest BCUT2D eigenvalue weighted by Gasteiger charge is -2.21. The second kappa shape index (κ2) is 9.50. The highest BCUT2D eigenvalue weighted by molar-refractivity contribution is 6.04. The van der Waals surface area contributed by atoms with E-state index in [0.29, 0.717) is 24.2 Å². The molecule has 0 saturated carbocycles. The van der Waals surface area contributed by atoms with E-state index < -0.39 is 12.0 Å². The lowest BCUT2D eigenvalue weighted by atomic mass is 9.97. The van der Waals surface area contributed by atoms with Crippen LogP contribution >= 0.6 is 0 Å². The summed E-state index contributed by atoms with van der Waals surface area (Å²) in [6, 6.07) is 10.7. The van der Waals surface area contributed by atoms with Gasteiger partial charge < -0.3 is 19.9 Å². The SMILES string of the molecule is CC(Cc1nncn1C)c1cccc(NC(=O)c2cc(C(=O)N3C[C@@H](O)C[C@H]3C)ccn2)c1. The first-order chi connectivity index (χ1) is 15.8. The molecule has 1 aliphatic heterocycles. The smallest absolute Gasteiger partial charge is 0.274 e. The second-order valence-corrected chi connectivity index (χ2v) is 8.67. The Morgan fingerprint density at radius 3 is 2.79 bits per heavy atom. The number of pyridine rings is 1. The molecule has 2 aromatic heterocycles. The molecule has 1 aliphatic rings. The van der Waals surface area contributed by atoms with E-state index in [1.165, 1.54) is 12.3 Å². The molecule has 172 valence electrons. The maximum absolute atomic E-state index is 12.9. The summed E-state index contributed by atoms with van der Waals surface area (Å²) in [5.74, 6) is 0.469. The third-order valence-corrected chi connectivity index (χ3v) is 6.06. The number of anilines is 1. The highest BCUT2D eigenvalue weighted by Crippen LogP contribution is 2.23.